The molecule has 1 aliphatic carbocycles. The number of rotatable bonds is 7. The van der Waals surface area contributed by atoms with Gasteiger partial charge in [-0.25, -0.2) is 9.18 Å². The van der Waals surface area contributed by atoms with Gasteiger partial charge in [-0.15, -0.1) is 0 Å². The summed E-state index contributed by atoms with van der Waals surface area (Å²) in [6.07, 6.45) is 1.73. The molecule has 0 unspecified atom stereocenters. The van der Waals surface area contributed by atoms with Crippen molar-refractivity contribution in [2.45, 2.75) is 46.3 Å². The van der Waals surface area contributed by atoms with Gasteiger partial charge in [0.15, 0.2) is 11.6 Å². The zero-order valence-electron chi connectivity index (χ0n) is 19.9. The minimum Gasteiger partial charge on any atom is -0.457 e. The highest BCUT2D eigenvalue weighted by atomic mass is 19.1. The summed E-state index contributed by atoms with van der Waals surface area (Å²) in [5.41, 5.74) is -0.765. The smallest absolute Gasteiger partial charge is 0.330 e. The number of para-hydroxylation sites is 1. The van der Waals surface area contributed by atoms with E-state index in [4.69, 9.17) is 14.2 Å². The van der Waals surface area contributed by atoms with Crippen molar-refractivity contribution in [3.05, 3.63) is 72.1 Å². The molecular formula is C27H28FNO5. The van der Waals surface area contributed by atoms with Crippen molar-refractivity contribution in [2.75, 3.05) is 0 Å². The van der Waals surface area contributed by atoms with Gasteiger partial charge < -0.3 is 14.2 Å². The van der Waals surface area contributed by atoms with Crippen LogP contribution in [0, 0.1) is 34.4 Å². The number of esters is 2. The highest BCUT2D eigenvalue weighted by Crippen LogP contribution is 2.59. The van der Waals surface area contributed by atoms with E-state index in [1.807, 2.05) is 19.9 Å². The Kier molecular flexibility index (Phi) is 7.11. The Labute approximate surface area is 198 Å². The van der Waals surface area contributed by atoms with Gasteiger partial charge in [0, 0.05) is 11.6 Å². The molecule has 178 valence electrons. The van der Waals surface area contributed by atoms with Gasteiger partial charge in [0.25, 0.3) is 0 Å². The Morgan fingerprint density at radius 2 is 1.82 bits per heavy atom. The SMILES string of the molecule is CC(C)(C)OC(=O)C=C[C@H]1[C@@H](C(=O)O[C@H](C#N)c2ccc(F)c(Oc3ccccc3)c2)C1(C)C. The van der Waals surface area contributed by atoms with Crippen molar-refractivity contribution < 1.29 is 28.2 Å². The van der Waals surface area contributed by atoms with E-state index < -0.39 is 40.8 Å². The van der Waals surface area contributed by atoms with Crippen LogP contribution in [0.1, 0.15) is 46.3 Å². The second-order valence-corrected chi connectivity index (χ2v) is 9.77. The average Bonchev–Trinajstić information content (AvgIpc) is 3.32. The number of allylic oxidation sites excluding steroid dienone is 1. The second kappa shape index (κ2) is 9.68. The largest absolute Gasteiger partial charge is 0.457 e. The fourth-order valence-electron chi connectivity index (χ4n) is 3.74. The molecule has 3 rings (SSSR count). The van der Waals surface area contributed by atoms with Crippen LogP contribution in [0.4, 0.5) is 4.39 Å². The quantitative estimate of drug-likeness (QED) is 0.374. The monoisotopic (exact) mass is 465 g/mol. The third-order valence-electron chi connectivity index (χ3n) is 5.59. The van der Waals surface area contributed by atoms with Crippen LogP contribution < -0.4 is 4.74 Å². The van der Waals surface area contributed by atoms with Gasteiger partial charge in [-0.3, -0.25) is 4.79 Å². The summed E-state index contributed by atoms with van der Waals surface area (Å²) >= 11 is 0. The van der Waals surface area contributed by atoms with Crippen LogP contribution in [-0.2, 0) is 19.1 Å². The number of carbonyl (C=O) groups is 2. The molecule has 0 aliphatic heterocycles. The molecule has 34 heavy (non-hydrogen) atoms. The van der Waals surface area contributed by atoms with E-state index >= 15 is 0 Å². The maximum atomic E-state index is 14.3. The van der Waals surface area contributed by atoms with Crippen LogP contribution in [0.3, 0.4) is 0 Å². The lowest BCUT2D eigenvalue weighted by atomic mass is 10.1. The first kappa shape index (κ1) is 25.0. The first-order valence-electron chi connectivity index (χ1n) is 11.0. The third-order valence-corrected chi connectivity index (χ3v) is 5.59. The zero-order chi connectivity index (χ0) is 25.1. The van der Waals surface area contributed by atoms with Gasteiger partial charge in [-0.1, -0.05) is 44.2 Å². The fraction of sp³-hybridized carbons (Fsp3) is 0.370. The molecule has 0 radical (unpaired) electrons. The van der Waals surface area contributed by atoms with Crippen molar-refractivity contribution in [1.29, 1.82) is 5.26 Å². The number of hydrogen-bond donors (Lipinski definition) is 0. The molecule has 0 heterocycles. The number of carbonyl (C=O) groups excluding carboxylic acids is 2. The molecule has 7 heteroatoms. The average molecular weight is 466 g/mol. The molecule has 2 aromatic carbocycles. The molecule has 2 aromatic rings. The maximum Gasteiger partial charge on any atom is 0.330 e. The molecule has 1 fully saturated rings. The minimum atomic E-state index is -1.24. The molecule has 0 saturated heterocycles. The summed E-state index contributed by atoms with van der Waals surface area (Å²) < 4.78 is 30.6. The molecule has 1 saturated carbocycles. The Morgan fingerprint density at radius 1 is 1.15 bits per heavy atom. The summed E-state index contributed by atoms with van der Waals surface area (Å²) in [6, 6.07) is 14.5. The summed E-state index contributed by atoms with van der Waals surface area (Å²) in [7, 11) is 0. The molecule has 0 aromatic heterocycles. The van der Waals surface area contributed by atoms with Crippen LogP contribution >= 0.6 is 0 Å². The van der Waals surface area contributed by atoms with Gasteiger partial charge in [0.2, 0.25) is 6.10 Å². The van der Waals surface area contributed by atoms with Crippen molar-refractivity contribution >= 4 is 11.9 Å². The normalized spacial score (nSPS) is 19.7. The minimum absolute atomic E-state index is 0.0788. The van der Waals surface area contributed by atoms with Crippen molar-refractivity contribution in [3.8, 4) is 17.6 Å². The highest BCUT2D eigenvalue weighted by Gasteiger charge is 2.61. The predicted octanol–water partition coefficient (Wildman–Crippen LogP) is 5.90. The Balaban J connectivity index is 1.70. The molecule has 3 atom stereocenters. The molecule has 0 spiro atoms. The summed E-state index contributed by atoms with van der Waals surface area (Å²) in [4.78, 5) is 24.8. The van der Waals surface area contributed by atoms with E-state index in [1.165, 1.54) is 24.3 Å². The van der Waals surface area contributed by atoms with Crippen molar-refractivity contribution in [1.82, 2.24) is 0 Å². The first-order valence-corrected chi connectivity index (χ1v) is 11.0. The number of benzene rings is 2. The number of nitriles is 1. The summed E-state index contributed by atoms with van der Waals surface area (Å²) in [5, 5.41) is 9.62. The summed E-state index contributed by atoms with van der Waals surface area (Å²) in [6.45, 7) is 9.08. The molecule has 0 amide bonds. The number of hydrogen-bond acceptors (Lipinski definition) is 6. The van der Waals surface area contributed by atoms with Crippen LogP contribution in [0.15, 0.2) is 60.7 Å². The molecular weight excluding hydrogens is 437 g/mol. The third kappa shape index (κ3) is 6.02. The van der Waals surface area contributed by atoms with Gasteiger partial charge in [0.1, 0.15) is 17.4 Å². The zero-order valence-corrected chi connectivity index (χ0v) is 19.9. The Hall–Kier alpha value is -3.66. The van der Waals surface area contributed by atoms with Crippen LogP contribution in [-0.4, -0.2) is 17.5 Å². The van der Waals surface area contributed by atoms with E-state index in [9.17, 15) is 19.2 Å². The van der Waals surface area contributed by atoms with Gasteiger partial charge in [-0.05, 0) is 56.4 Å². The molecule has 0 N–H and O–H groups in total. The maximum absolute atomic E-state index is 14.3. The Bertz CT molecular complexity index is 1130. The van der Waals surface area contributed by atoms with Gasteiger partial charge in [-0.2, -0.15) is 5.26 Å². The Morgan fingerprint density at radius 3 is 2.44 bits per heavy atom. The molecule has 6 nitrogen and oxygen atoms in total. The van der Waals surface area contributed by atoms with E-state index in [0.717, 1.165) is 0 Å². The van der Waals surface area contributed by atoms with Crippen LogP contribution in [0.5, 0.6) is 11.5 Å². The predicted molar refractivity (Wildman–Crippen MR) is 123 cm³/mol. The highest BCUT2D eigenvalue weighted by molar-refractivity contribution is 5.83. The van der Waals surface area contributed by atoms with Gasteiger partial charge >= 0.3 is 11.9 Å². The lowest BCUT2D eigenvalue weighted by Crippen LogP contribution is -2.22. The lowest BCUT2D eigenvalue weighted by molar-refractivity contribution is -0.150. The van der Waals surface area contributed by atoms with Crippen molar-refractivity contribution in [2.24, 2.45) is 17.3 Å². The van der Waals surface area contributed by atoms with Gasteiger partial charge in [0.05, 0.1) is 5.92 Å². The number of halogens is 1. The van der Waals surface area contributed by atoms with E-state index in [2.05, 4.69) is 0 Å². The van der Waals surface area contributed by atoms with E-state index in [-0.39, 0.29) is 11.7 Å². The topological polar surface area (TPSA) is 85.6 Å². The standard InChI is InChI=1S/C27H28FNO5/c1-26(2,3)34-23(30)14-12-19-24(27(19,4)5)25(31)33-22(16-29)17-11-13-20(28)21(15-17)32-18-9-7-6-8-10-18/h6-15,19,22,24H,1-5H3/t19-,22+,24-/m0/s1. The van der Waals surface area contributed by atoms with Crippen molar-refractivity contribution in [3.63, 3.8) is 0 Å². The number of ether oxygens (including phenoxy) is 3. The number of nitrogens with zero attached hydrogens (tertiary/aromatic N) is 1. The van der Waals surface area contributed by atoms with Crippen LogP contribution in [0.25, 0.3) is 0 Å². The fourth-order valence-corrected chi connectivity index (χ4v) is 3.74. The molecule has 1 aliphatic rings. The second-order valence-electron chi connectivity index (χ2n) is 9.77. The lowest BCUT2D eigenvalue weighted by Gasteiger charge is -2.17. The van der Waals surface area contributed by atoms with E-state index in [1.54, 1.807) is 57.2 Å². The summed E-state index contributed by atoms with van der Waals surface area (Å²) in [5.74, 6) is -2.07. The molecule has 0 bridgehead atoms. The van der Waals surface area contributed by atoms with Crippen LogP contribution in [0.2, 0.25) is 0 Å². The first-order chi connectivity index (χ1) is 15.9. The van der Waals surface area contributed by atoms with E-state index in [0.29, 0.717) is 11.3 Å².